The number of nitrogens with two attached hydrogens (primary N) is 1. The first kappa shape index (κ1) is 15.4. The summed E-state index contributed by atoms with van der Waals surface area (Å²) in [6, 6.07) is 0.598. The van der Waals surface area contributed by atoms with Crippen molar-refractivity contribution in [3.05, 3.63) is 0 Å². The zero-order valence-corrected chi connectivity index (χ0v) is 12.0. The molecule has 1 rings (SSSR count). The zero-order chi connectivity index (χ0) is 13.4. The Labute approximate surface area is 111 Å². The highest BCUT2D eigenvalue weighted by molar-refractivity contribution is 5.78. The molecule has 106 valence electrons. The monoisotopic (exact) mass is 255 g/mol. The van der Waals surface area contributed by atoms with Crippen molar-refractivity contribution >= 4 is 5.91 Å². The lowest BCUT2D eigenvalue weighted by molar-refractivity contribution is -0.123. The van der Waals surface area contributed by atoms with Crippen molar-refractivity contribution in [3.8, 4) is 0 Å². The first-order chi connectivity index (χ1) is 8.63. The maximum Gasteiger partial charge on any atom is 0.234 e. The Morgan fingerprint density at radius 3 is 2.61 bits per heavy atom. The molecule has 4 nitrogen and oxygen atoms in total. The fourth-order valence-electron chi connectivity index (χ4n) is 2.51. The summed E-state index contributed by atoms with van der Waals surface area (Å²) >= 11 is 0. The lowest BCUT2D eigenvalue weighted by atomic mass is 10.2. The van der Waals surface area contributed by atoms with Gasteiger partial charge in [0.25, 0.3) is 0 Å². The van der Waals surface area contributed by atoms with E-state index < -0.39 is 0 Å². The number of carbonyl (C=O) groups is 1. The quantitative estimate of drug-likeness (QED) is 0.688. The molecule has 0 aromatic carbocycles. The van der Waals surface area contributed by atoms with Gasteiger partial charge in [0.05, 0.1) is 6.54 Å². The third-order valence-corrected chi connectivity index (χ3v) is 3.54. The summed E-state index contributed by atoms with van der Waals surface area (Å²) < 4.78 is 0. The molecule has 0 unspecified atom stereocenters. The number of nitrogens with one attached hydrogen (secondary N) is 1. The summed E-state index contributed by atoms with van der Waals surface area (Å²) in [5.74, 6) is 0.672. The molecule has 1 saturated carbocycles. The van der Waals surface area contributed by atoms with Gasteiger partial charge in [-0.05, 0) is 31.7 Å². The van der Waals surface area contributed by atoms with E-state index in [0.29, 0.717) is 25.0 Å². The molecule has 1 aliphatic rings. The second-order valence-corrected chi connectivity index (χ2v) is 5.75. The molecule has 0 atom stereocenters. The number of nitrogens with zero attached hydrogens (tertiary/aromatic N) is 1. The lowest BCUT2D eigenvalue weighted by Gasteiger charge is -2.28. The van der Waals surface area contributed by atoms with Crippen molar-refractivity contribution in [1.29, 1.82) is 0 Å². The van der Waals surface area contributed by atoms with Gasteiger partial charge >= 0.3 is 0 Å². The first-order valence-corrected chi connectivity index (χ1v) is 7.34. The fraction of sp³-hybridized carbons (Fsp3) is 0.929. The number of rotatable bonds is 8. The second-order valence-electron chi connectivity index (χ2n) is 5.75. The van der Waals surface area contributed by atoms with Gasteiger partial charge in [0.1, 0.15) is 0 Å². The molecule has 0 aromatic heterocycles. The van der Waals surface area contributed by atoms with Crippen LogP contribution < -0.4 is 11.1 Å². The molecule has 4 heteroatoms. The Hall–Kier alpha value is -0.610. The molecule has 0 radical (unpaired) electrons. The summed E-state index contributed by atoms with van der Waals surface area (Å²) in [4.78, 5) is 14.2. The number of hydrogen-bond acceptors (Lipinski definition) is 3. The molecule has 0 saturated heterocycles. The molecular formula is C14H29N3O. The normalized spacial score (nSPS) is 16.7. The van der Waals surface area contributed by atoms with Crippen LogP contribution in [0.3, 0.4) is 0 Å². The topological polar surface area (TPSA) is 58.4 Å². The van der Waals surface area contributed by atoms with Crippen LogP contribution in [-0.4, -0.2) is 43.0 Å². The standard InChI is InChI=1S/C14H29N3O/c1-12(2)10-16-14(18)11-17(9-5-8-15)13-6-3-4-7-13/h12-13H,3-11,15H2,1-2H3,(H,16,18). The van der Waals surface area contributed by atoms with E-state index in [4.69, 9.17) is 5.73 Å². The predicted octanol–water partition coefficient (Wildman–Crippen LogP) is 1.35. The minimum absolute atomic E-state index is 0.160. The van der Waals surface area contributed by atoms with Gasteiger partial charge in [0.15, 0.2) is 0 Å². The third kappa shape index (κ3) is 5.83. The van der Waals surface area contributed by atoms with E-state index in [1.807, 2.05) is 0 Å². The van der Waals surface area contributed by atoms with Crippen LogP contribution in [0.2, 0.25) is 0 Å². The Bertz CT molecular complexity index is 237. The van der Waals surface area contributed by atoms with Crippen LogP contribution in [0, 0.1) is 5.92 Å². The van der Waals surface area contributed by atoms with Crippen molar-refractivity contribution in [3.63, 3.8) is 0 Å². The SMILES string of the molecule is CC(C)CNC(=O)CN(CCCN)C1CCCC1. The maximum absolute atomic E-state index is 11.9. The molecule has 1 fully saturated rings. The van der Waals surface area contributed by atoms with Gasteiger partial charge in [0.2, 0.25) is 5.91 Å². The van der Waals surface area contributed by atoms with Crippen LogP contribution in [0.15, 0.2) is 0 Å². The molecule has 0 aromatic rings. The van der Waals surface area contributed by atoms with Crippen LogP contribution in [-0.2, 0) is 4.79 Å². The van der Waals surface area contributed by atoms with Gasteiger partial charge in [0, 0.05) is 19.1 Å². The molecule has 1 aliphatic carbocycles. The highest BCUT2D eigenvalue weighted by atomic mass is 16.2. The second kappa shape index (κ2) is 8.48. The molecule has 18 heavy (non-hydrogen) atoms. The Morgan fingerprint density at radius 1 is 1.39 bits per heavy atom. The van der Waals surface area contributed by atoms with Crippen molar-refractivity contribution in [2.75, 3.05) is 26.2 Å². The number of amides is 1. The van der Waals surface area contributed by atoms with E-state index >= 15 is 0 Å². The Morgan fingerprint density at radius 2 is 2.06 bits per heavy atom. The van der Waals surface area contributed by atoms with Gasteiger partial charge in [-0.2, -0.15) is 0 Å². The first-order valence-electron chi connectivity index (χ1n) is 7.34. The van der Waals surface area contributed by atoms with Crippen molar-refractivity contribution < 1.29 is 4.79 Å². The van der Waals surface area contributed by atoms with Crippen LogP contribution in [0.1, 0.15) is 46.0 Å². The Kier molecular flexibility index (Phi) is 7.28. The van der Waals surface area contributed by atoms with Crippen molar-refractivity contribution in [2.24, 2.45) is 11.7 Å². The van der Waals surface area contributed by atoms with Gasteiger partial charge < -0.3 is 11.1 Å². The smallest absolute Gasteiger partial charge is 0.234 e. The van der Waals surface area contributed by atoms with E-state index in [9.17, 15) is 4.79 Å². The molecule has 3 N–H and O–H groups in total. The summed E-state index contributed by atoms with van der Waals surface area (Å²) in [6.45, 7) is 7.20. The summed E-state index contributed by atoms with van der Waals surface area (Å²) in [5, 5.41) is 3.00. The summed E-state index contributed by atoms with van der Waals surface area (Å²) in [5.41, 5.74) is 5.58. The molecule has 1 amide bonds. The van der Waals surface area contributed by atoms with Gasteiger partial charge in [-0.3, -0.25) is 9.69 Å². The van der Waals surface area contributed by atoms with Crippen LogP contribution in [0.25, 0.3) is 0 Å². The molecule has 0 heterocycles. The third-order valence-electron chi connectivity index (χ3n) is 3.54. The molecule has 0 bridgehead atoms. The van der Waals surface area contributed by atoms with Gasteiger partial charge in [-0.1, -0.05) is 26.7 Å². The average molecular weight is 255 g/mol. The van der Waals surface area contributed by atoms with E-state index in [-0.39, 0.29) is 5.91 Å². The number of hydrogen-bond donors (Lipinski definition) is 2. The molecular weight excluding hydrogens is 226 g/mol. The maximum atomic E-state index is 11.9. The van der Waals surface area contributed by atoms with Crippen molar-refractivity contribution in [2.45, 2.75) is 52.0 Å². The lowest BCUT2D eigenvalue weighted by Crippen LogP contribution is -2.43. The van der Waals surface area contributed by atoms with Crippen LogP contribution in [0.4, 0.5) is 0 Å². The minimum Gasteiger partial charge on any atom is -0.355 e. The van der Waals surface area contributed by atoms with Gasteiger partial charge in [-0.15, -0.1) is 0 Å². The summed E-state index contributed by atoms with van der Waals surface area (Å²) in [7, 11) is 0. The van der Waals surface area contributed by atoms with E-state index in [2.05, 4.69) is 24.1 Å². The molecule has 0 aliphatic heterocycles. The highest BCUT2D eigenvalue weighted by Crippen LogP contribution is 2.23. The van der Waals surface area contributed by atoms with Crippen LogP contribution in [0.5, 0.6) is 0 Å². The van der Waals surface area contributed by atoms with E-state index in [1.165, 1.54) is 25.7 Å². The van der Waals surface area contributed by atoms with Crippen molar-refractivity contribution in [1.82, 2.24) is 10.2 Å². The van der Waals surface area contributed by atoms with E-state index in [0.717, 1.165) is 19.5 Å². The van der Waals surface area contributed by atoms with E-state index in [1.54, 1.807) is 0 Å². The van der Waals surface area contributed by atoms with Crippen LogP contribution >= 0.6 is 0 Å². The predicted molar refractivity (Wildman–Crippen MR) is 75.3 cm³/mol. The zero-order valence-electron chi connectivity index (χ0n) is 12.0. The van der Waals surface area contributed by atoms with Gasteiger partial charge in [-0.25, -0.2) is 0 Å². The largest absolute Gasteiger partial charge is 0.355 e. The number of carbonyl (C=O) groups excluding carboxylic acids is 1. The summed E-state index contributed by atoms with van der Waals surface area (Å²) in [6.07, 6.45) is 6.06. The minimum atomic E-state index is 0.160. The Balaban J connectivity index is 2.36. The average Bonchev–Trinajstić information content (AvgIpc) is 2.85. The highest BCUT2D eigenvalue weighted by Gasteiger charge is 2.23. The fourth-order valence-corrected chi connectivity index (χ4v) is 2.51. The molecule has 0 spiro atoms.